The van der Waals surface area contributed by atoms with Crippen molar-refractivity contribution in [2.45, 2.75) is 20.8 Å². The first-order chi connectivity index (χ1) is 12.4. The predicted octanol–water partition coefficient (Wildman–Crippen LogP) is 5.05. The van der Waals surface area contributed by atoms with Gasteiger partial charge in [0.2, 0.25) is 0 Å². The number of anilines is 3. The van der Waals surface area contributed by atoms with Crippen molar-refractivity contribution in [3.8, 4) is 0 Å². The third-order valence-electron chi connectivity index (χ3n) is 3.93. The fraction of sp³-hybridized carbons (Fsp3) is 0.150. The molecule has 0 aliphatic carbocycles. The van der Waals surface area contributed by atoms with E-state index >= 15 is 0 Å². The number of aromatic nitrogens is 2. The van der Waals surface area contributed by atoms with E-state index in [1.165, 1.54) is 5.56 Å². The lowest BCUT2D eigenvalue weighted by atomic mass is 10.1. The maximum Gasteiger partial charge on any atom is 0.274 e. The van der Waals surface area contributed by atoms with Gasteiger partial charge in [-0.2, -0.15) is 0 Å². The Bertz CT molecular complexity index is 972. The van der Waals surface area contributed by atoms with E-state index in [9.17, 15) is 4.79 Å². The second-order valence-corrected chi connectivity index (χ2v) is 6.51. The summed E-state index contributed by atoms with van der Waals surface area (Å²) in [6, 6.07) is 14.7. The van der Waals surface area contributed by atoms with E-state index in [2.05, 4.69) is 20.6 Å². The van der Waals surface area contributed by atoms with E-state index < -0.39 is 0 Å². The van der Waals surface area contributed by atoms with E-state index in [1.807, 2.05) is 44.2 Å². The number of aryl methyl sites for hydroxylation is 3. The average molecular weight is 367 g/mol. The molecule has 2 N–H and O–H groups in total. The number of nitrogens with zero attached hydrogens (tertiary/aromatic N) is 2. The molecule has 2 aromatic carbocycles. The molecular formula is C20H19ClN4O. The Kier molecular flexibility index (Phi) is 5.19. The van der Waals surface area contributed by atoms with Gasteiger partial charge in [0.25, 0.3) is 5.91 Å². The molecule has 3 rings (SSSR count). The van der Waals surface area contributed by atoms with Crippen molar-refractivity contribution in [3.05, 3.63) is 76.2 Å². The highest BCUT2D eigenvalue weighted by Gasteiger charge is 2.12. The summed E-state index contributed by atoms with van der Waals surface area (Å²) in [5.74, 6) is 0.750. The molecule has 1 heterocycles. The third kappa shape index (κ3) is 4.37. The highest BCUT2D eigenvalue weighted by Crippen LogP contribution is 2.20. The normalized spacial score (nSPS) is 10.5. The topological polar surface area (TPSA) is 66.9 Å². The fourth-order valence-corrected chi connectivity index (χ4v) is 2.67. The minimum atomic E-state index is -0.284. The van der Waals surface area contributed by atoms with Crippen molar-refractivity contribution in [1.29, 1.82) is 0 Å². The van der Waals surface area contributed by atoms with Crippen LogP contribution in [0.4, 0.5) is 17.2 Å². The van der Waals surface area contributed by atoms with Gasteiger partial charge in [-0.1, -0.05) is 23.7 Å². The molecule has 0 aliphatic rings. The second-order valence-electron chi connectivity index (χ2n) is 6.07. The van der Waals surface area contributed by atoms with Crippen LogP contribution in [0.5, 0.6) is 0 Å². The zero-order chi connectivity index (χ0) is 18.7. The summed E-state index contributed by atoms with van der Waals surface area (Å²) in [6.45, 7) is 5.78. The minimum Gasteiger partial charge on any atom is -0.340 e. The molecule has 0 spiro atoms. The maximum atomic E-state index is 12.6. The second kappa shape index (κ2) is 7.54. The van der Waals surface area contributed by atoms with Crippen LogP contribution in [0.25, 0.3) is 0 Å². The molecule has 0 fully saturated rings. The number of hydrogen-bond acceptors (Lipinski definition) is 4. The van der Waals surface area contributed by atoms with Crippen LogP contribution in [0.1, 0.15) is 27.4 Å². The first-order valence-electron chi connectivity index (χ1n) is 8.17. The van der Waals surface area contributed by atoms with Crippen LogP contribution in [0.3, 0.4) is 0 Å². The highest BCUT2D eigenvalue weighted by atomic mass is 35.5. The van der Waals surface area contributed by atoms with E-state index in [-0.39, 0.29) is 5.91 Å². The van der Waals surface area contributed by atoms with Gasteiger partial charge in [0.1, 0.15) is 17.3 Å². The van der Waals surface area contributed by atoms with Crippen molar-refractivity contribution in [2.24, 2.45) is 0 Å². The lowest BCUT2D eigenvalue weighted by molar-refractivity contribution is 0.102. The van der Waals surface area contributed by atoms with Crippen LogP contribution in [0, 0.1) is 20.8 Å². The molecule has 0 radical (unpaired) electrons. The monoisotopic (exact) mass is 366 g/mol. The van der Waals surface area contributed by atoms with E-state index in [0.29, 0.717) is 22.4 Å². The Hall–Kier alpha value is -2.92. The van der Waals surface area contributed by atoms with Crippen molar-refractivity contribution in [2.75, 3.05) is 10.6 Å². The summed E-state index contributed by atoms with van der Waals surface area (Å²) in [7, 11) is 0. The van der Waals surface area contributed by atoms with Crippen LogP contribution < -0.4 is 10.6 Å². The molecule has 1 aromatic heterocycles. The van der Waals surface area contributed by atoms with Crippen molar-refractivity contribution >= 4 is 34.7 Å². The first kappa shape index (κ1) is 17.9. The van der Waals surface area contributed by atoms with Gasteiger partial charge in [0, 0.05) is 22.5 Å². The molecule has 0 saturated heterocycles. The van der Waals surface area contributed by atoms with Gasteiger partial charge in [0.15, 0.2) is 0 Å². The first-order valence-corrected chi connectivity index (χ1v) is 8.55. The summed E-state index contributed by atoms with van der Waals surface area (Å²) in [5, 5.41) is 6.64. The Morgan fingerprint density at radius 1 is 0.923 bits per heavy atom. The standard InChI is InChI=1S/C20H19ClN4O/c1-12-7-8-17(9-13(12)2)25-20(26)18-11-19(23-14(3)22-18)24-16-6-4-5-15(21)10-16/h4-11H,1-3H3,(H,25,26)(H,22,23,24). The molecule has 1 amide bonds. The van der Waals surface area contributed by atoms with Gasteiger partial charge in [0.05, 0.1) is 0 Å². The summed E-state index contributed by atoms with van der Waals surface area (Å²) in [4.78, 5) is 21.1. The Morgan fingerprint density at radius 3 is 2.46 bits per heavy atom. The quantitative estimate of drug-likeness (QED) is 0.678. The summed E-state index contributed by atoms with van der Waals surface area (Å²) < 4.78 is 0. The van der Waals surface area contributed by atoms with Crippen molar-refractivity contribution in [3.63, 3.8) is 0 Å². The van der Waals surface area contributed by atoms with Gasteiger partial charge in [-0.15, -0.1) is 0 Å². The number of halogens is 1. The van der Waals surface area contributed by atoms with Crippen LogP contribution in [-0.4, -0.2) is 15.9 Å². The summed E-state index contributed by atoms with van der Waals surface area (Å²) in [5.41, 5.74) is 4.11. The predicted molar refractivity (Wildman–Crippen MR) is 105 cm³/mol. The van der Waals surface area contributed by atoms with Crippen LogP contribution in [0.2, 0.25) is 5.02 Å². The number of amides is 1. The number of benzene rings is 2. The summed E-state index contributed by atoms with van der Waals surface area (Å²) >= 11 is 6.00. The average Bonchev–Trinajstić information content (AvgIpc) is 2.57. The number of hydrogen-bond donors (Lipinski definition) is 2. The number of rotatable bonds is 4. The van der Waals surface area contributed by atoms with E-state index in [4.69, 9.17) is 11.6 Å². The zero-order valence-corrected chi connectivity index (χ0v) is 15.6. The summed E-state index contributed by atoms with van der Waals surface area (Å²) in [6.07, 6.45) is 0. The zero-order valence-electron chi connectivity index (χ0n) is 14.8. The largest absolute Gasteiger partial charge is 0.340 e. The van der Waals surface area contributed by atoms with Crippen molar-refractivity contribution < 1.29 is 4.79 Å². The smallest absolute Gasteiger partial charge is 0.274 e. The molecular weight excluding hydrogens is 348 g/mol. The van der Waals surface area contributed by atoms with Gasteiger partial charge in [-0.25, -0.2) is 9.97 Å². The van der Waals surface area contributed by atoms with Crippen molar-refractivity contribution in [1.82, 2.24) is 9.97 Å². The molecule has 0 unspecified atom stereocenters. The van der Waals surface area contributed by atoms with Gasteiger partial charge < -0.3 is 10.6 Å². The van der Waals surface area contributed by atoms with E-state index in [0.717, 1.165) is 16.9 Å². The lowest BCUT2D eigenvalue weighted by Crippen LogP contribution is -2.15. The molecule has 0 aliphatic heterocycles. The molecule has 0 saturated carbocycles. The molecule has 6 heteroatoms. The van der Waals surface area contributed by atoms with Gasteiger partial charge >= 0.3 is 0 Å². The molecule has 0 atom stereocenters. The Labute approximate surface area is 157 Å². The lowest BCUT2D eigenvalue weighted by Gasteiger charge is -2.10. The minimum absolute atomic E-state index is 0.284. The number of carbonyl (C=O) groups is 1. The third-order valence-corrected chi connectivity index (χ3v) is 4.17. The van der Waals surface area contributed by atoms with Crippen LogP contribution in [0.15, 0.2) is 48.5 Å². The number of carbonyl (C=O) groups excluding carboxylic acids is 1. The maximum absolute atomic E-state index is 12.6. The fourth-order valence-electron chi connectivity index (χ4n) is 2.48. The van der Waals surface area contributed by atoms with Gasteiger partial charge in [-0.3, -0.25) is 4.79 Å². The Morgan fingerprint density at radius 2 is 1.73 bits per heavy atom. The van der Waals surface area contributed by atoms with Crippen LogP contribution >= 0.6 is 11.6 Å². The molecule has 5 nitrogen and oxygen atoms in total. The molecule has 132 valence electrons. The van der Waals surface area contributed by atoms with Gasteiger partial charge in [-0.05, 0) is 62.2 Å². The SMILES string of the molecule is Cc1nc(Nc2cccc(Cl)c2)cc(C(=O)Nc2ccc(C)c(C)c2)n1. The van der Waals surface area contributed by atoms with Crippen LogP contribution in [-0.2, 0) is 0 Å². The molecule has 3 aromatic rings. The molecule has 0 bridgehead atoms. The van der Waals surface area contributed by atoms with E-state index in [1.54, 1.807) is 25.1 Å². The Balaban J connectivity index is 1.82. The number of nitrogens with one attached hydrogen (secondary N) is 2. The highest BCUT2D eigenvalue weighted by molar-refractivity contribution is 6.30. The molecule has 26 heavy (non-hydrogen) atoms.